The molecule has 0 fully saturated rings. The Hall–Kier alpha value is -2.76. The average molecular weight is 243 g/mol. The second-order valence-electron chi connectivity index (χ2n) is 3.49. The lowest BCUT2D eigenvalue weighted by atomic mass is 10.1. The van der Waals surface area contributed by atoms with Crippen molar-refractivity contribution in [1.29, 1.82) is 0 Å². The van der Waals surface area contributed by atoms with Crippen molar-refractivity contribution >= 4 is 11.9 Å². The first-order valence-electron chi connectivity index (χ1n) is 5.05. The molecule has 0 saturated carbocycles. The molecular weight excluding hydrogens is 234 g/mol. The number of primary amides is 1. The van der Waals surface area contributed by atoms with Gasteiger partial charge in [-0.15, -0.1) is 0 Å². The summed E-state index contributed by atoms with van der Waals surface area (Å²) in [7, 11) is 0. The smallest absolute Gasteiger partial charge is 0.356 e. The number of hydrogen-bond acceptors (Lipinski definition) is 4. The number of aromatic carboxylic acids is 1. The zero-order chi connectivity index (χ0) is 13.1. The van der Waals surface area contributed by atoms with Crippen LogP contribution < -0.4 is 5.73 Å². The molecule has 0 atom stereocenters. The lowest BCUT2D eigenvalue weighted by Crippen LogP contribution is -2.20. The molecule has 0 saturated heterocycles. The zero-order valence-electron chi connectivity index (χ0n) is 9.20. The number of carboxylic acid groups (broad SMARTS) is 1. The van der Waals surface area contributed by atoms with Gasteiger partial charge in [-0.3, -0.25) is 4.79 Å². The van der Waals surface area contributed by atoms with Gasteiger partial charge in [0, 0.05) is 5.56 Å². The van der Waals surface area contributed by atoms with Gasteiger partial charge in [-0.25, -0.2) is 14.8 Å². The summed E-state index contributed by atoms with van der Waals surface area (Å²) >= 11 is 0. The minimum Gasteiger partial charge on any atom is -0.476 e. The van der Waals surface area contributed by atoms with E-state index in [4.69, 9.17) is 10.8 Å². The van der Waals surface area contributed by atoms with Gasteiger partial charge in [0.15, 0.2) is 11.4 Å². The molecule has 0 radical (unpaired) electrons. The highest BCUT2D eigenvalue weighted by Gasteiger charge is 2.18. The third-order valence-corrected chi connectivity index (χ3v) is 2.28. The molecule has 3 N–H and O–H groups in total. The van der Waals surface area contributed by atoms with E-state index in [0.717, 1.165) is 5.56 Å². The van der Waals surface area contributed by atoms with Crippen LogP contribution in [-0.4, -0.2) is 27.0 Å². The van der Waals surface area contributed by atoms with Crippen LogP contribution in [0.1, 0.15) is 21.0 Å². The number of rotatable bonds is 3. The summed E-state index contributed by atoms with van der Waals surface area (Å²) in [6, 6.07) is 8.97. The van der Waals surface area contributed by atoms with Crippen LogP contribution in [0.3, 0.4) is 0 Å². The monoisotopic (exact) mass is 243 g/mol. The van der Waals surface area contributed by atoms with Gasteiger partial charge >= 0.3 is 5.97 Å². The van der Waals surface area contributed by atoms with Gasteiger partial charge in [-0.05, 0) is 0 Å². The number of carboxylic acids is 1. The van der Waals surface area contributed by atoms with E-state index in [2.05, 4.69) is 9.97 Å². The van der Waals surface area contributed by atoms with Gasteiger partial charge in [-0.2, -0.15) is 0 Å². The number of carbonyl (C=O) groups is 2. The Morgan fingerprint density at radius 2 is 1.78 bits per heavy atom. The molecular formula is C12H9N3O3. The third kappa shape index (κ3) is 2.17. The lowest BCUT2D eigenvalue weighted by molar-refractivity contribution is 0.0684. The number of benzene rings is 1. The number of aromatic nitrogens is 2. The van der Waals surface area contributed by atoms with E-state index in [0.29, 0.717) is 5.69 Å². The van der Waals surface area contributed by atoms with Crippen LogP contribution in [0.15, 0.2) is 36.5 Å². The SMILES string of the molecule is NC(=O)c1nc(-c2ccccc2)cnc1C(=O)O. The molecule has 1 heterocycles. The van der Waals surface area contributed by atoms with Gasteiger partial charge in [-0.1, -0.05) is 30.3 Å². The summed E-state index contributed by atoms with van der Waals surface area (Å²) in [6.45, 7) is 0. The molecule has 2 aromatic rings. The highest BCUT2D eigenvalue weighted by Crippen LogP contribution is 2.16. The first-order chi connectivity index (χ1) is 8.59. The van der Waals surface area contributed by atoms with Crippen molar-refractivity contribution in [2.75, 3.05) is 0 Å². The molecule has 6 nitrogen and oxygen atoms in total. The summed E-state index contributed by atoms with van der Waals surface area (Å²) in [4.78, 5) is 29.7. The van der Waals surface area contributed by atoms with E-state index >= 15 is 0 Å². The van der Waals surface area contributed by atoms with Crippen molar-refractivity contribution in [1.82, 2.24) is 9.97 Å². The van der Waals surface area contributed by atoms with E-state index in [1.807, 2.05) is 6.07 Å². The van der Waals surface area contributed by atoms with Gasteiger partial charge in [0.25, 0.3) is 5.91 Å². The quantitative estimate of drug-likeness (QED) is 0.834. The number of nitrogens with zero attached hydrogens (tertiary/aromatic N) is 2. The van der Waals surface area contributed by atoms with E-state index < -0.39 is 17.6 Å². The van der Waals surface area contributed by atoms with Crippen LogP contribution in [0.5, 0.6) is 0 Å². The summed E-state index contributed by atoms with van der Waals surface area (Å²) in [5, 5.41) is 8.87. The third-order valence-electron chi connectivity index (χ3n) is 2.28. The normalized spacial score (nSPS) is 10.0. The summed E-state index contributed by atoms with van der Waals surface area (Å²) in [5.41, 5.74) is 5.43. The Morgan fingerprint density at radius 1 is 1.11 bits per heavy atom. The van der Waals surface area contributed by atoms with Crippen LogP contribution in [0, 0.1) is 0 Å². The van der Waals surface area contributed by atoms with Crippen molar-refractivity contribution < 1.29 is 14.7 Å². The molecule has 0 spiro atoms. The van der Waals surface area contributed by atoms with Crippen LogP contribution >= 0.6 is 0 Å². The number of hydrogen-bond donors (Lipinski definition) is 2. The largest absolute Gasteiger partial charge is 0.476 e. The Balaban J connectivity index is 2.57. The van der Waals surface area contributed by atoms with Crippen molar-refractivity contribution in [2.24, 2.45) is 5.73 Å². The first kappa shape index (κ1) is 11.7. The molecule has 1 aromatic heterocycles. The molecule has 0 aliphatic rings. The summed E-state index contributed by atoms with van der Waals surface area (Å²) in [6.07, 6.45) is 1.30. The van der Waals surface area contributed by atoms with Crippen molar-refractivity contribution in [3.05, 3.63) is 47.9 Å². The minimum atomic E-state index is -1.34. The summed E-state index contributed by atoms with van der Waals surface area (Å²) in [5.74, 6) is -2.26. The fourth-order valence-corrected chi connectivity index (χ4v) is 1.47. The Morgan fingerprint density at radius 3 is 2.33 bits per heavy atom. The van der Waals surface area contributed by atoms with Gasteiger partial charge < -0.3 is 10.8 Å². The Labute approximate surface area is 102 Å². The van der Waals surface area contributed by atoms with E-state index in [1.54, 1.807) is 24.3 Å². The molecule has 90 valence electrons. The van der Waals surface area contributed by atoms with Gasteiger partial charge in [0.2, 0.25) is 0 Å². The highest BCUT2D eigenvalue weighted by atomic mass is 16.4. The van der Waals surface area contributed by atoms with Crippen molar-refractivity contribution in [3.8, 4) is 11.3 Å². The second kappa shape index (κ2) is 4.62. The highest BCUT2D eigenvalue weighted by molar-refractivity contribution is 6.01. The lowest BCUT2D eigenvalue weighted by Gasteiger charge is -2.04. The number of nitrogens with two attached hydrogens (primary N) is 1. The maximum atomic E-state index is 11.2. The fourth-order valence-electron chi connectivity index (χ4n) is 1.47. The van der Waals surface area contributed by atoms with Crippen LogP contribution in [-0.2, 0) is 0 Å². The molecule has 1 amide bonds. The predicted octanol–water partition coefficient (Wildman–Crippen LogP) is 0.941. The summed E-state index contributed by atoms with van der Waals surface area (Å²) < 4.78 is 0. The average Bonchev–Trinajstić information content (AvgIpc) is 2.39. The van der Waals surface area contributed by atoms with Crippen molar-refractivity contribution in [2.45, 2.75) is 0 Å². The molecule has 0 unspecified atom stereocenters. The second-order valence-corrected chi connectivity index (χ2v) is 3.49. The fraction of sp³-hybridized carbons (Fsp3) is 0. The number of carbonyl (C=O) groups excluding carboxylic acids is 1. The predicted molar refractivity (Wildman–Crippen MR) is 62.9 cm³/mol. The molecule has 2 rings (SSSR count). The maximum absolute atomic E-state index is 11.2. The zero-order valence-corrected chi connectivity index (χ0v) is 9.20. The standard InChI is InChI=1S/C12H9N3O3/c13-11(16)9-10(12(17)18)14-6-8(15-9)7-4-2-1-3-5-7/h1-6H,(H2,13,16)(H,17,18). The topological polar surface area (TPSA) is 106 Å². The van der Waals surface area contributed by atoms with Crippen LogP contribution in [0.2, 0.25) is 0 Å². The van der Waals surface area contributed by atoms with Gasteiger partial charge in [0.1, 0.15) is 0 Å². The molecule has 0 aliphatic heterocycles. The van der Waals surface area contributed by atoms with E-state index in [-0.39, 0.29) is 5.69 Å². The molecule has 0 aliphatic carbocycles. The van der Waals surface area contributed by atoms with E-state index in [9.17, 15) is 9.59 Å². The van der Waals surface area contributed by atoms with Crippen molar-refractivity contribution in [3.63, 3.8) is 0 Å². The van der Waals surface area contributed by atoms with Crippen LogP contribution in [0.25, 0.3) is 11.3 Å². The molecule has 18 heavy (non-hydrogen) atoms. The Kier molecular flexibility index (Phi) is 3.01. The molecule has 6 heteroatoms. The Bertz CT molecular complexity index is 611. The van der Waals surface area contributed by atoms with E-state index in [1.165, 1.54) is 6.20 Å². The van der Waals surface area contributed by atoms with Crippen LogP contribution in [0.4, 0.5) is 0 Å². The molecule has 0 bridgehead atoms. The van der Waals surface area contributed by atoms with Gasteiger partial charge in [0.05, 0.1) is 11.9 Å². The number of amides is 1. The first-order valence-corrected chi connectivity index (χ1v) is 5.05. The minimum absolute atomic E-state index is 0.344. The maximum Gasteiger partial charge on any atom is 0.356 e. The molecule has 1 aromatic carbocycles.